The molecule has 112 valence electrons. The second-order valence-electron chi connectivity index (χ2n) is 4.78. The molecule has 0 aliphatic carbocycles. The number of hydrogen-bond donors (Lipinski definition) is 2. The predicted octanol–water partition coefficient (Wildman–Crippen LogP) is 0.807. The number of carbonyl (C=O) groups is 2. The number of nitrogens with one attached hydrogen (secondary N) is 1. The SMILES string of the molecule is CCC(C)(NC(=O)c1ccc(CS(C)(=O)=O)o1)C(=O)O. The maximum atomic E-state index is 11.9. The van der Waals surface area contributed by atoms with Gasteiger partial charge in [-0.3, -0.25) is 4.79 Å². The highest BCUT2D eigenvalue weighted by molar-refractivity contribution is 7.89. The first kappa shape index (κ1) is 16.2. The van der Waals surface area contributed by atoms with Crippen LogP contribution in [0.4, 0.5) is 0 Å². The Hall–Kier alpha value is -1.83. The molecule has 1 atom stereocenters. The molecule has 0 aromatic carbocycles. The Labute approximate surface area is 116 Å². The summed E-state index contributed by atoms with van der Waals surface area (Å²) in [5, 5.41) is 11.4. The number of hydrogen-bond acceptors (Lipinski definition) is 5. The van der Waals surface area contributed by atoms with E-state index in [1.165, 1.54) is 19.1 Å². The van der Waals surface area contributed by atoms with Crippen LogP contribution in [0.25, 0.3) is 0 Å². The Morgan fingerprint density at radius 2 is 2.00 bits per heavy atom. The van der Waals surface area contributed by atoms with Crippen molar-refractivity contribution in [3.05, 3.63) is 23.7 Å². The molecule has 0 aliphatic rings. The predicted molar refractivity (Wildman–Crippen MR) is 71.1 cm³/mol. The Kier molecular flexibility index (Phi) is 4.59. The molecule has 0 saturated carbocycles. The normalized spacial score (nSPS) is 14.6. The molecule has 0 aliphatic heterocycles. The van der Waals surface area contributed by atoms with E-state index in [2.05, 4.69) is 5.32 Å². The fraction of sp³-hybridized carbons (Fsp3) is 0.500. The smallest absolute Gasteiger partial charge is 0.329 e. The average molecular weight is 303 g/mol. The van der Waals surface area contributed by atoms with E-state index in [1.54, 1.807) is 6.92 Å². The number of carboxylic acids is 1. The molecule has 7 nitrogen and oxygen atoms in total. The van der Waals surface area contributed by atoms with Crippen LogP contribution < -0.4 is 5.32 Å². The van der Waals surface area contributed by atoms with Crippen LogP contribution in [-0.4, -0.2) is 37.2 Å². The summed E-state index contributed by atoms with van der Waals surface area (Å²) < 4.78 is 27.3. The minimum Gasteiger partial charge on any atom is -0.480 e. The van der Waals surface area contributed by atoms with Crippen LogP contribution in [0.3, 0.4) is 0 Å². The summed E-state index contributed by atoms with van der Waals surface area (Å²) in [7, 11) is -3.26. The molecule has 2 N–H and O–H groups in total. The Balaban J connectivity index is 2.86. The van der Waals surface area contributed by atoms with Gasteiger partial charge in [-0.15, -0.1) is 0 Å². The summed E-state index contributed by atoms with van der Waals surface area (Å²) in [6, 6.07) is 2.69. The van der Waals surface area contributed by atoms with Gasteiger partial charge in [0.25, 0.3) is 5.91 Å². The first-order valence-electron chi connectivity index (χ1n) is 5.90. The second kappa shape index (κ2) is 5.66. The molecule has 0 fully saturated rings. The number of carboxylic acid groups (broad SMARTS) is 1. The van der Waals surface area contributed by atoms with E-state index < -0.39 is 27.3 Å². The van der Waals surface area contributed by atoms with Crippen LogP contribution in [0.15, 0.2) is 16.5 Å². The largest absolute Gasteiger partial charge is 0.480 e. The van der Waals surface area contributed by atoms with E-state index in [0.717, 1.165) is 6.26 Å². The lowest BCUT2D eigenvalue weighted by Gasteiger charge is -2.23. The first-order chi connectivity index (χ1) is 9.07. The van der Waals surface area contributed by atoms with Crippen molar-refractivity contribution in [1.29, 1.82) is 0 Å². The van der Waals surface area contributed by atoms with Gasteiger partial charge in [-0.2, -0.15) is 0 Å². The Bertz CT molecular complexity index is 618. The molecule has 0 saturated heterocycles. The minimum absolute atomic E-state index is 0.121. The fourth-order valence-electron chi connectivity index (χ4n) is 1.44. The molecule has 1 aromatic heterocycles. The van der Waals surface area contributed by atoms with Gasteiger partial charge in [-0.25, -0.2) is 13.2 Å². The fourth-order valence-corrected chi connectivity index (χ4v) is 2.11. The quantitative estimate of drug-likeness (QED) is 0.803. The number of sulfone groups is 1. The van der Waals surface area contributed by atoms with Gasteiger partial charge in [0.1, 0.15) is 17.1 Å². The van der Waals surface area contributed by atoms with E-state index in [0.29, 0.717) is 0 Å². The maximum absolute atomic E-state index is 11.9. The molecule has 0 bridgehead atoms. The summed E-state index contributed by atoms with van der Waals surface area (Å²) in [4.78, 5) is 23.0. The lowest BCUT2D eigenvalue weighted by molar-refractivity contribution is -0.143. The van der Waals surface area contributed by atoms with Crippen molar-refractivity contribution in [3.8, 4) is 0 Å². The highest BCUT2D eigenvalue weighted by atomic mass is 32.2. The third-order valence-electron chi connectivity index (χ3n) is 2.86. The zero-order chi connectivity index (χ0) is 15.6. The van der Waals surface area contributed by atoms with Crippen molar-refractivity contribution in [3.63, 3.8) is 0 Å². The number of rotatable bonds is 6. The zero-order valence-corrected chi connectivity index (χ0v) is 12.3. The molecule has 8 heteroatoms. The number of carbonyl (C=O) groups excluding carboxylic acids is 1. The molecule has 1 aromatic rings. The number of aliphatic carboxylic acids is 1. The van der Waals surface area contributed by atoms with Crippen LogP contribution in [0.1, 0.15) is 36.6 Å². The maximum Gasteiger partial charge on any atom is 0.329 e. The monoisotopic (exact) mass is 303 g/mol. The molecule has 0 spiro atoms. The van der Waals surface area contributed by atoms with Crippen LogP contribution in [0.5, 0.6) is 0 Å². The van der Waals surface area contributed by atoms with Crippen molar-refractivity contribution in [2.24, 2.45) is 0 Å². The molecular formula is C12H17NO6S. The second-order valence-corrected chi connectivity index (χ2v) is 6.92. The average Bonchev–Trinajstić information content (AvgIpc) is 2.74. The van der Waals surface area contributed by atoms with Gasteiger partial charge < -0.3 is 14.8 Å². The van der Waals surface area contributed by atoms with E-state index in [4.69, 9.17) is 9.52 Å². The van der Waals surface area contributed by atoms with E-state index in [1.807, 2.05) is 0 Å². The van der Waals surface area contributed by atoms with Crippen LogP contribution >= 0.6 is 0 Å². The lowest BCUT2D eigenvalue weighted by atomic mass is 9.99. The summed E-state index contributed by atoms with van der Waals surface area (Å²) in [6.07, 6.45) is 1.25. The Morgan fingerprint density at radius 1 is 1.40 bits per heavy atom. The molecule has 20 heavy (non-hydrogen) atoms. The van der Waals surface area contributed by atoms with Gasteiger partial charge in [0, 0.05) is 6.26 Å². The van der Waals surface area contributed by atoms with Gasteiger partial charge in [-0.05, 0) is 25.5 Å². The summed E-state index contributed by atoms with van der Waals surface area (Å²) in [5.41, 5.74) is -1.40. The topological polar surface area (TPSA) is 114 Å². The van der Waals surface area contributed by atoms with Gasteiger partial charge in [-0.1, -0.05) is 6.92 Å². The van der Waals surface area contributed by atoms with E-state index in [-0.39, 0.29) is 23.7 Å². The highest BCUT2D eigenvalue weighted by Crippen LogP contribution is 2.14. The number of furan rings is 1. The summed E-state index contributed by atoms with van der Waals surface area (Å²) >= 11 is 0. The van der Waals surface area contributed by atoms with Crippen molar-refractivity contribution in [1.82, 2.24) is 5.32 Å². The van der Waals surface area contributed by atoms with E-state index in [9.17, 15) is 18.0 Å². The van der Waals surface area contributed by atoms with Crippen molar-refractivity contribution in [2.45, 2.75) is 31.6 Å². The van der Waals surface area contributed by atoms with Crippen LogP contribution in [0, 0.1) is 0 Å². The summed E-state index contributed by atoms with van der Waals surface area (Å²) in [6.45, 7) is 3.01. The minimum atomic E-state index is -3.26. The van der Waals surface area contributed by atoms with Gasteiger partial charge in [0.05, 0.1) is 0 Å². The lowest BCUT2D eigenvalue weighted by Crippen LogP contribution is -2.51. The standard InChI is InChI=1S/C12H17NO6S/c1-4-12(2,11(15)16)13-10(14)9-6-5-8(19-9)7-20(3,17)18/h5-6H,4,7H2,1-3H3,(H,13,14)(H,15,16). The van der Waals surface area contributed by atoms with Crippen LogP contribution in [0.2, 0.25) is 0 Å². The molecular weight excluding hydrogens is 286 g/mol. The van der Waals surface area contributed by atoms with Crippen molar-refractivity contribution >= 4 is 21.7 Å². The highest BCUT2D eigenvalue weighted by Gasteiger charge is 2.33. The van der Waals surface area contributed by atoms with E-state index >= 15 is 0 Å². The molecule has 1 unspecified atom stereocenters. The third kappa shape index (κ3) is 4.09. The molecule has 1 rings (SSSR count). The number of amides is 1. The zero-order valence-electron chi connectivity index (χ0n) is 11.5. The van der Waals surface area contributed by atoms with Crippen molar-refractivity contribution < 1.29 is 27.5 Å². The van der Waals surface area contributed by atoms with Gasteiger partial charge in [0.2, 0.25) is 0 Å². The molecule has 1 amide bonds. The van der Waals surface area contributed by atoms with Gasteiger partial charge in [0.15, 0.2) is 15.6 Å². The molecule has 0 radical (unpaired) electrons. The van der Waals surface area contributed by atoms with Gasteiger partial charge >= 0.3 is 5.97 Å². The first-order valence-corrected chi connectivity index (χ1v) is 7.96. The Morgan fingerprint density at radius 3 is 2.45 bits per heavy atom. The van der Waals surface area contributed by atoms with Crippen LogP contribution in [-0.2, 0) is 20.4 Å². The summed E-state index contributed by atoms with van der Waals surface area (Å²) in [5.74, 6) is -2.16. The third-order valence-corrected chi connectivity index (χ3v) is 3.67. The molecule has 1 heterocycles. The van der Waals surface area contributed by atoms with Crippen molar-refractivity contribution in [2.75, 3.05) is 6.26 Å².